The highest BCUT2D eigenvalue weighted by molar-refractivity contribution is 5.92. The van der Waals surface area contributed by atoms with Crippen LogP contribution >= 0.6 is 0 Å². The van der Waals surface area contributed by atoms with Crippen LogP contribution in [-0.4, -0.2) is 59.7 Å². The van der Waals surface area contributed by atoms with Crippen molar-refractivity contribution in [1.82, 2.24) is 9.97 Å². The monoisotopic (exact) mass is 539 g/mol. The highest BCUT2D eigenvalue weighted by Gasteiger charge is 2.49. The summed E-state index contributed by atoms with van der Waals surface area (Å²) in [5.41, 5.74) is -2.76. The van der Waals surface area contributed by atoms with Gasteiger partial charge in [0.2, 0.25) is 0 Å². The number of ether oxygens (including phenoxy) is 3. The summed E-state index contributed by atoms with van der Waals surface area (Å²) in [6, 6.07) is 6.38. The van der Waals surface area contributed by atoms with Gasteiger partial charge in [-0.15, -0.1) is 0 Å². The van der Waals surface area contributed by atoms with E-state index in [4.69, 9.17) is 24.1 Å². The Kier molecular flexibility index (Phi) is 10.3. The number of alkyl halides is 2. The van der Waals surface area contributed by atoms with Crippen molar-refractivity contribution in [2.75, 3.05) is 32.8 Å². The summed E-state index contributed by atoms with van der Waals surface area (Å²) in [6.45, 7) is 5.63. The molecule has 0 aliphatic rings. The Labute approximate surface area is 218 Å². The second-order valence-corrected chi connectivity index (χ2v) is 8.79. The highest BCUT2D eigenvalue weighted by atomic mass is 19.3. The van der Waals surface area contributed by atoms with E-state index in [9.17, 15) is 13.9 Å². The number of halogens is 3. The lowest BCUT2D eigenvalue weighted by Crippen LogP contribution is -2.41. The number of fused-ring (bicyclic) bond motifs is 1. The maximum absolute atomic E-state index is 15.3. The molecular formula is C26H32F3N3O6. The Morgan fingerprint density at radius 2 is 1.79 bits per heavy atom. The third kappa shape index (κ3) is 6.81. The van der Waals surface area contributed by atoms with Crippen LogP contribution in [0.25, 0.3) is 10.9 Å². The van der Waals surface area contributed by atoms with E-state index in [2.05, 4.69) is 15.3 Å². The first kappa shape index (κ1) is 30.6. The van der Waals surface area contributed by atoms with Crippen molar-refractivity contribution in [3.8, 4) is 11.5 Å². The minimum atomic E-state index is -3.80. The highest BCUT2D eigenvalue weighted by Crippen LogP contribution is 2.41. The number of nitrogens with zero attached hydrogens (tertiary/aromatic N) is 2. The summed E-state index contributed by atoms with van der Waals surface area (Å²) in [5, 5.41) is 20.5. The molecule has 1 heterocycles. The quantitative estimate of drug-likeness (QED) is 0.245. The van der Waals surface area contributed by atoms with Crippen LogP contribution in [0.4, 0.5) is 19.0 Å². The van der Waals surface area contributed by atoms with Crippen LogP contribution in [0.3, 0.4) is 0 Å². The molecular weight excluding hydrogens is 507 g/mol. The van der Waals surface area contributed by atoms with Gasteiger partial charge >= 0.3 is 5.92 Å². The minimum Gasteiger partial charge on any atom is -0.493 e. The van der Waals surface area contributed by atoms with Crippen LogP contribution in [-0.2, 0) is 15.5 Å². The molecule has 3 aromatic rings. The van der Waals surface area contributed by atoms with E-state index >= 15 is 4.39 Å². The van der Waals surface area contributed by atoms with E-state index in [0.29, 0.717) is 40.7 Å². The number of carbonyl (C=O) groups is 1. The molecule has 3 rings (SSSR count). The summed E-state index contributed by atoms with van der Waals surface area (Å²) < 4.78 is 60.9. The Hall–Kier alpha value is -3.64. The molecule has 0 amide bonds. The number of hydrogen-bond donors (Lipinski definition) is 3. The number of anilines is 1. The van der Waals surface area contributed by atoms with E-state index in [-0.39, 0.29) is 18.6 Å². The van der Waals surface area contributed by atoms with Crippen LogP contribution < -0.4 is 14.8 Å². The number of rotatable bonds is 10. The molecule has 0 spiro atoms. The third-order valence-electron chi connectivity index (χ3n) is 5.59. The van der Waals surface area contributed by atoms with Crippen LogP contribution in [0.5, 0.6) is 11.5 Å². The zero-order valence-corrected chi connectivity index (χ0v) is 22.0. The fourth-order valence-corrected chi connectivity index (χ4v) is 3.61. The molecule has 1 unspecified atom stereocenters. The lowest BCUT2D eigenvalue weighted by Gasteiger charge is -2.30. The number of benzene rings is 2. The van der Waals surface area contributed by atoms with Gasteiger partial charge in [0.05, 0.1) is 30.8 Å². The van der Waals surface area contributed by atoms with Crippen LogP contribution in [0, 0.1) is 12.7 Å². The third-order valence-corrected chi connectivity index (χ3v) is 5.59. The molecule has 0 fully saturated rings. The molecule has 1 aromatic heterocycles. The molecule has 0 radical (unpaired) electrons. The van der Waals surface area contributed by atoms with Crippen LogP contribution in [0.2, 0.25) is 0 Å². The second kappa shape index (κ2) is 12.7. The minimum absolute atomic E-state index is 0.000852. The molecule has 0 aliphatic heterocycles. The summed E-state index contributed by atoms with van der Waals surface area (Å²) in [5.74, 6) is -3.16. The first-order valence-electron chi connectivity index (χ1n) is 11.5. The normalized spacial score (nSPS) is 12.4. The average molecular weight is 540 g/mol. The smallest absolute Gasteiger partial charge is 0.303 e. The largest absolute Gasteiger partial charge is 0.493 e. The Morgan fingerprint density at radius 1 is 1.13 bits per heavy atom. The van der Waals surface area contributed by atoms with Gasteiger partial charge in [-0.2, -0.15) is 8.78 Å². The van der Waals surface area contributed by atoms with Crippen molar-refractivity contribution >= 4 is 23.2 Å². The van der Waals surface area contributed by atoms with Crippen molar-refractivity contribution in [3.63, 3.8) is 0 Å². The molecule has 208 valence electrons. The van der Waals surface area contributed by atoms with E-state index in [1.165, 1.54) is 19.2 Å². The van der Waals surface area contributed by atoms with Gasteiger partial charge in [0.15, 0.2) is 11.5 Å². The van der Waals surface area contributed by atoms with Gasteiger partial charge in [0, 0.05) is 24.1 Å². The van der Waals surface area contributed by atoms with E-state index < -0.39 is 28.9 Å². The summed E-state index contributed by atoms with van der Waals surface area (Å²) >= 11 is 0. The number of carboxylic acid groups (broad SMARTS) is 1. The van der Waals surface area contributed by atoms with E-state index in [1.54, 1.807) is 33.1 Å². The molecule has 38 heavy (non-hydrogen) atoms. The SMILES string of the molecule is COCCOc1cc2c(NC(C)c3cccc(C(F)(F)C(C)(C)O)c3F)nc(C)nc2cc1OC.O=CO. The van der Waals surface area contributed by atoms with E-state index in [0.717, 1.165) is 19.9 Å². The molecule has 0 saturated carbocycles. The first-order valence-corrected chi connectivity index (χ1v) is 11.5. The van der Waals surface area contributed by atoms with Gasteiger partial charge in [0.1, 0.15) is 29.7 Å². The predicted octanol–water partition coefficient (Wildman–Crippen LogP) is 4.85. The first-order chi connectivity index (χ1) is 17.8. The molecule has 0 aliphatic carbocycles. The standard InChI is InChI=1S/C25H30F3N3O4.CH2O2/c1-14(16-8-7-9-18(22(16)26)25(27,28)24(3,4)32)29-23-17-12-21(35-11-10-33-5)20(34-6)13-19(17)30-15(2)31-23;2-1-3/h7-9,12-14,32H,10-11H2,1-6H3,(H,29,30,31);1H,(H,2,3). The van der Waals surface area contributed by atoms with Gasteiger partial charge in [-0.1, -0.05) is 12.1 Å². The number of aliphatic hydroxyl groups is 1. The Morgan fingerprint density at radius 3 is 2.37 bits per heavy atom. The number of nitrogens with one attached hydrogen (secondary N) is 1. The molecule has 9 nitrogen and oxygen atoms in total. The number of aryl methyl sites for hydroxylation is 1. The Bertz CT molecular complexity index is 1250. The number of hydrogen-bond acceptors (Lipinski definition) is 8. The average Bonchev–Trinajstić information content (AvgIpc) is 2.83. The summed E-state index contributed by atoms with van der Waals surface area (Å²) in [7, 11) is 3.07. The summed E-state index contributed by atoms with van der Waals surface area (Å²) in [4.78, 5) is 17.2. The van der Waals surface area contributed by atoms with Gasteiger partial charge in [-0.05, 0) is 39.8 Å². The molecule has 12 heteroatoms. The van der Waals surface area contributed by atoms with Gasteiger partial charge in [-0.3, -0.25) is 4.79 Å². The summed E-state index contributed by atoms with van der Waals surface area (Å²) in [6.07, 6.45) is 0. The molecule has 0 bridgehead atoms. The van der Waals surface area contributed by atoms with Crippen molar-refractivity contribution < 1.29 is 42.4 Å². The number of methoxy groups -OCH3 is 2. The zero-order chi connectivity index (χ0) is 28.7. The fourth-order valence-electron chi connectivity index (χ4n) is 3.61. The van der Waals surface area contributed by atoms with Gasteiger partial charge in [0.25, 0.3) is 6.47 Å². The number of aromatic nitrogens is 2. The van der Waals surface area contributed by atoms with Crippen LogP contribution in [0.1, 0.15) is 43.8 Å². The van der Waals surface area contributed by atoms with E-state index in [1.807, 2.05) is 0 Å². The maximum atomic E-state index is 15.3. The second-order valence-electron chi connectivity index (χ2n) is 8.79. The lowest BCUT2D eigenvalue weighted by molar-refractivity contribution is -0.170. The molecule has 0 saturated heterocycles. The molecule has 2 aromatic carbocycles. The van der Waals surface area contributed by atoms with Crippen molar-refractivity contribution in [2.24, 2.45) is 0 Å². The maximum Gasteiger partial charge on any atom is 0.303 e. The topological polar surface area (TPSA) is 123 Å². The fraction of sp³-hybridized carbons (Fsp3) is 0.423. The van der Waals surface area contributed by atoms with Gasteiger partial charge < -0.3 is 29.7 Å². The molecule has 1 atom stereocenters. The van der Waals surface area contributed by atoms with Crippen molar-refractivity contribution in [1.29, 1.82) is 0 Å². The Balaban J connectivity index is 0.00000161. The predicted molar refractivity (Wildman–Crippen MR) is 136 cm³/mol. The van der Waals surface area contributed by atoms with Crippen LogP contribution in [0.15, 0.2) is 30.3 Å². The van der Waals surface area contributed by atoms with Crippen molar-refractivity contribution in [2.45, 2.75) is 45.3 Å². The van der Waals surface area contributed by atoms with Crippen molar-refractivity contribution in [3.05, 3.63) is 53.1 Å². The lowest BCUT2D eigenvalue weighted by atomic mass is 9.91. The van der Waals surface area contributed by atoms with Gasteiger partial charge in [-0.25, -0.2) is 14.4 Å². The molecule has 3 N–H and O–H groups in total. The zero-order valence-electron chi connectivity index (χ0n) is 22.0.